The van der Waals surface area contributed by atoms with Gasteiger partial charge in [-0.1, -0.05) is 18.7 Å². The van der Waals surface area contributed by atoms with Crippen LogP contribution >= 0.6 is 11.8 Å². The number of pyridine rings is 1. The third-order valence-corrected chi connectivity index (χ3v) is 3.32. The predicted molar refractivity (Wildman–Crippen MR) is 62.3 cm³/mol. The Morgan fingerprint density at radius 1 is 1.56 bits per heavy atom. The number of nitrogens with zero attached hydrogens (tertiary/aromatic N) is 2. The van der Waals surface area contributed by atoms with Gasteiger partial charge >= 0.3 is 5.69 Å². The first-order valence-corrected chi connectivity index (χ1v) is 5.55. The van der Waals surface area contributed by atoms with Crippen LogP contribution in [0.4, 0.5) is 11.5 Å². The van der Waals surface area contributed by atoms with Gasteiger partial charge in [0.15, 0.2) is 5.03 Å². The Morgan fingerprint density at radius 3 is 2.69 bits per heavy atom. The Kier molecular flexibility index (Phi) is 4.08. The van der Waals surface area contributed by atoms with Gasteiger partial charge in [-0.05, 0) is 13.0 Å². The Morgan fingerprint density at radius 2 is 2.19 bits per heavy atom. The molecule has 1 heterocycles. The van der Waals surface area contributed by atoms with E-state index in [2.05, 4.69) is 4.98 Å². The zero-order valence-corrected chi connectivity index (χ0v) is 9.77. The molecule has 2 unspecified atom stereocenters. The molecule has 0 amide bonds. The number of thioether (sulfide) groups is 1. The van der Waals surface area contributed by atoms with E-state index < -0.39 is 11.0 Å². The van der Waals surface area contributed by atoms with Gasteiger partial charge in [-0.2, -0.15) is 0 Å². The number of hydrogen-bond acceptors (Lipinski definition) is 6. The van der Waals surface area contributed by atoms with Gasteiger partial charge in [0.05, 0.1) is 11.0 Å². The molecule has 6 nitrogen and oxygen atoms in total. The SMILES string of the molecule is CC(O)C(C)Sc1nc(N)ccc1[N+](=O)[O-]. The molecular weight excluding hydrogens is 230 g/mol. The second-order valence-corrected chi connectivity index (χ2v) is 4.75. The van der Waals surface area contributed by atoms with E-state index in [1.54, 1.807) is 13.8 Å². The molecule has 0 aliphatic rings. The van der Waals surface area contributed by atoms with Crippen molar-refractivity contribution in [1.29, 1.82) is 0 Å². The summed E-state index contributed by atoms with van der Waals surface area (Å²) in [5.74, 6) is 0.228. The summed E-state index contributed by atoms with van der Waals surface area (Å²) in [6.07, 6.45) is -0.576. The van der Waals surface area contributed by atoms with E-state index >= 15 is 0 Å². The topological polar surface area (TPSA) is 102 Å². The van der Waals surface area contributed by atoms with Crippen LogP contribution in [0.2, 0.25) is 0 Å². The lowest BCUT2D eigenvalue weighted by Crippen LogP contribution is -2.15. The first-order valence-electron chi connectivity index (χ1n) is 4.67. The van der Waals surface area contributed by atoms with Crippen molar-refractivity contribution in [2.24, 2.45) is 0 Å². The molecule has 88 valence electrons. The normalized spacial score (nSPS) is 14.4. The van der Waals surface area contributed by atoms with Crippen molar-refractivity contribution in [2.75, 3.05) is 5.73 Å². The van der Waals surface area contributed by atoms with E-state index in [0.717, 1.165) is 11.8 Å². The lowest BCUT2D eigenvalue weighted by molar-refractivity contribution is -0.388. The fourth-order valence-corrected chi connectivity index (χ4v) is 1.92. The smallest absolute Gasteiger partial charge is 0.301 e. The zero-order chi connectivity index (χ0) is 12.3. The molecule has 1 rings (SSSR count). The predicted octanol–water partition coefficient (Wildman–Crippen LogP) is 1.43. The van der Waals surface area contributed by atoms with Crippen molar-refractivity contribution in [3.05, 3.63) is 22.2 Å². The number of aromatic nitrogens is 1. The van der Waals surface area contributed by atoms with E-state index in [1.165, 1.54) is 12.1 Å². The lowest BCUT2D eigenvalue weighted by Gasteiger charge is -2.13. The molecule has 3 N–H and O–H groups in total. The summed E-state index contributed by atoms with van der Waals surface area (Å²) >= 11 is 1.14. The average Bonchev–Trinajstić information content (AvgIpc) is 2.16. The zero-order valence-electron chi connectivity index (χ0n) is 8.95. The Labute approximate surface area is 97.0 Å². The molecule has 7 heteroatoms. The first kappa shape index (κ1) is 12.7. The van der Waals surface area contributed by atoms with E-state index in [4.69, 9.17) is 5.73 Å². The average molecular weight is 243 g/mol. The maximum atomic E-state index is 10.7. The summed E-state index contributed by atoms with van der Waals surface area (Å²) in [6.45, 7) is 3.39. The van der Waals surface area contributed by atoms with Crippen LogP contribution in [-0.2, 0) is 0 Å². The van der Waals surface area contributed by atoms with Gasteiger partial charge < -0.3 is 10.8 Å². The quantitative estimate of drug-likeness (QED) is 0.471. The molecule has 0 aromatic carbocycles. The summed E-state index contributed by atoms with van der Waals surface area (Å²) in [5.41, 5.74) is 5.38. The van der Waals surface area contributed by atoms with Gasteiger partial charge in [0.25, 0.3) is 0 Å². The standard InChI is InChI=1S/C9H13N3O3S/c1-5(13)6(2)16-9-7(12(14)15)3-4-8(10)11-9/h3-6,13H,1-2H3,(H2,10,11). The van der Waals surface area contributed by atoms with Crippen molar-refractivity contribution in [3.8, 4) is 0 Å². The van der Waals surface area contributed by atoms with E-state index in [1.807, 2.05) is 0 Å². The number of anilines is 1. The number of rotatable bonds is 4. The number of aliphatic hydroxyl groups excluding tert-OH is 1. The Hall–Kier alpha value is -1.34. The molecule has 16 heavy (non-hydrogen) atoms. The highest BCUT2D eigenvalue weighted by atomic mass is 32.2. The lowest BCUT2D eigenvalue weighted by atomic mass is 10.3. The van der Waals surface area contributed by atoms with Crippen molar-refractivity contribution >= 4 is 23.3 Å². The highest BCUT2D eigenvalue weighted by molar-refractivity contribution is 8.00. The minimum Gasteiger partial charge on any atom is -0.392 e. The highest BCUT2D eigenvalue weighted by Crippen LogP contribution is 2.31. The second-order valence-electron chi connectivity index (χ2n) is 3.38. The molecule has 0 fully saturated rings. The number of hydrogen-bond donors (Lipinski definition) is 2. The maximum absolute atomic E-state index is 10.7. The third kappa shape index (κ3) is 3.07. The van der Waals surface area contributed by atoms with E-state index in [9.17, 15) is 15.2 Å². The third-order valence-electron chi connectivity index (χ3n) is 2.04. The van der Waals surface area contributed by atoms with E-state index in [-0.39, 0.29) is 21.8 Å². The number of nitro groups is 1. The molecule has 0 saturated heterocycles. The molecule has 1 aromatic heterocycles. The monoisotopic (exact) mass is 243 g/mol. The van der Waals surface area contributed by atoms with Crippen molar-refractivity contribution in [3.63, 3.8) is 0 Å². The molecule has 0 aliphatic heterocycles. The minimum atomic E-state index is -0.576. The van der Waals surface area contributed by atoms with E-state index in [0.29, 0.717) is 0 Å². The molecule has 0 spiro atoms. The maximum Gasteiger partial charge on any atom is 0.301 e. The fourth-order valence-electron chi connectivity index (χ4n) is 0.948. The molecule has 0 saturated carbocycles. The van der Waals surface area contributed by atoms with Gasteiger partial charge in [-0.3, -0.25) is 10.1 Å². The molecule has 1 aromatic rings. The Bertz CT molecular complexity index is 398. The fraction of sp³-hybridized carbons (Fsp3) is 0.444. The number of nitrogen functional groups attached to an aromatic ring is 1. The Balaban J connectivity index is 3.01. The molecular formula is C9H13N3O3S. The van der Waals surface area contributed by atoms with Crippen LogP contribution in [0.15, 0.2) is 17.2 Å². The first-order chi connectivity index (χ1) is 7.41. The van der Waals surface area contributed by atoms with Gasteiger partial charge in [0.1, 0.15) is 5.82 Å². The summed E-state index contributed by atoms with van der Waals surface area (Å²) in [6, 6.07) is 2.70. The van der Waals surface area contributed by atoms with Gasteiger partial charge in [-0.25, -0.2) is 4.98 Å². The van der Waals surface area contributed by atoms with Gasteiger partial charge in [0, 0.05) is 11.3 Å². The largest absolute Gasteiger partial charge is 0.392 e. The summed E-state index contributed by atoms with van der Waals surface area (Å²) in [4.78, 5) is 14.1. The van der Waals surface area contributed by atoms with Crippen LogP contribution in [0.1, 0.15) is 13.8 Å². The van der Waals surface area contributed by atoms with Gasteiger partial charge in [-0.15, -0.1) is 0 Å². The molecule has 2 atom stereocenters. The van der Waals surface area contributed by atoms with Crippen LogP contribution in [0.5, 0.6) is 0 Å². The van der Waals surface area contributed by atoms with Crippen LogP contribution in [-0.4, -0.2) is 26.4 Å². The minimum absolute atomic E-state index is 0.0910. The molecule has 0 aliphatic carbocycles. The van der Waals surface area contributed by atoms with Crippen LogP contribution in [0.3, 0.4) is 0 Å². The van der Waals surface area contributed by atoms with Gasteiger partial charge in [0.2, 0.25) is 0 Å². The van der Waals surface area contributed by atoms with Crippen LogP contribution in [0, 0.1) is 10.1 Å². The summed E-state index contributed by atoms with van der Waals surface area (Å²) in [7, 11) is 0. The van der Waals surface area contributed by atoms with Crippen molar-refractivity contribution in [2.45, 2.75) is 30.2 Å². The second kappa shape index (κ2) is 5.13. The molecule has 0 bridgehead atoms. The number of nitrogens with two attached hydrogens (primary N) is 1. The molecule has 0 radical (unpaired) electrons. The van der Waals surface area contributed by atoms with Crippen LogP contribution in [0.25, 0.3) is 0 Å². The summed E-state index contributed by atoms with van der Waals surface area (Å²) in [5, 5.41) is 20.1. The van der Waals surface area contributed by atoms with Crippen LogP contribution < -0.4 is 5.73 Å². The van der Waals surface area contributed by atoms with Crippen molar-refractivity contribution < 1.29 is 10.0 Å². The summed E-state index contributed by atoms with van der Waals surface area (Å²) < 4.78 is 0. The van der Waals surface area contributed by atoms with Crippen molar-refractivity contribution in [1.82, 2.24) is 4.98 Å². The highest BCUT2D eigenvalue weighted by Gasteiger charge is 2.20. The number of aliphatic hydroxyl groups is 1.